The second-order valence-electron chi connectivity index (χ2n) is 11.0. The Morgan fingerprint density at radius 2 is 1.00 bits per heavy atom. The van der Waals surface area contributed by atoms with Gasteiger partial charge in [-0.1, -0.05) is 0 Å². The number of nitrogens with zero attached hydrogens (tertiary/aromatic N) is 2. The molecule has 0 fully saturated rings. The van der Waals surface area contributed by atoms with Crippen LogP contribution in [0.25, 0.3) is 0 Å². The first-order chi connectivity index (χ1) is 19.0. The summed E-state index contributed by atoms with van der Waals surface area (Å²) in [6.07, 6.45) is 18.8. The van der Waals surface area contributed by atoms with Gasteiger partial charge in [-0.15, -0.1) is 0 Å². The number of rotatable bonds is 19. The Hall–Kier alpha value is -1.73. The van der Waals surface area contributed by atoms with Crippen molar-refractivity contribution in [3.63, 3.8) is 0 Å². The molecule has 0 radical (unpaired) electrons. The van der Waals surface area contributed by atoms with Crippen LogP contribution in [0.2, 0.25) is 0 Å². The number of hydrogen-bond acceptors (Lipinski definition) is 1. The number of aryl methyl sites for hydroxylation is 4. The van der Waals surface area contributed by atoms with Gasteiger partial charge in [-0.2, -0.15) is 0 Å². The Morgan fingerprint density at radius 1 is 0.564 bits per heavy atom. The van der Waals surface area contributed by atoms with E-state index in [1.54, 1.807) is 0 Å². The fraction of sp³-hybridized carbons (Fsp3) is 0.611. The third kappa shape index (κ3) is 11.7. The summed E-state index contributed by atoms with van der Waals surface area (Å²) in [6, 6.07) is 13.9. The SMILES string of the molecule is CCCCCCCCC(C(CCCCCC)=Nc1cc(CC)cc(CC)c1)=[N+]([Ni])c1cc(CC)cc(CC)c1. The van der Waals surface area contributed by atoms with Crippen LogP contribution in [-0.4, -0.2) is 15.1 Å². The van der Waals surface area contributed by atoms with E-state index in [2.05, 4.69) is 81.6 Å². The molecule has 0 aliphatic heterocycles. The molecule has 0 aromatic heterocycles. The van der Waals surface area contributed by atoms with Crippen LogP contribution in [0.4, 0.5) is 11.4 Å². The van der Waals surface area contributed by atoms with Crippen LogP contribution in [0.1, 0.15) is 141 Å². The van der Waals surface area contributed by atoms with Crippen LogP contribution >= 0.6 is 0 Å². The maximum absolute atomic E-state index is 5.87. The summed E-state index contributed by atoms with van der Waals surface area (Å²) in [6.45, 7) is 13.5. The van der Waals surface area contributed by atoms with Crippen LogP contribution in [0.5, 0.6) is 0 Å². The fourth-order valence-electron chi connectivity index (χ4n) is 5.18. The van der Waals surface area contributed by atoms with Gasteiger partial charge in [0.2, 0.25) is 0 Å². The molecular weight excluding hydrogens is 519 g/mol. The van der Waals surface area contributed by atoms with Gasteiger partial charge in [-0.05, 0) is 0 Å². The van der Waals surface area contributed by atoms with E-state index in [4.69, 9.17) is 20.7 Å². The summed E-state index contributed by atoms with van der Waals surface area (Å²) in [5.74, 6) is 0. The second kappa shape index (κ2) is 19.4. The Bertz CT molecular complexity index is 1010. The zero-order chi connectivity index (χ0) is 28.5. The zero-order valence-electron chi connectivity index (χ0n) is 26.0. The van der Waals surface area contributed by atoms with Gasteiger partial charge in [0.15, 0.2) is 0 Å². The van der Waals surface area contributed by atoms with E-state index in [1.165, 1.54) is 97.9 Å². The molecule has 2 nitrogen and oxygen atoms in total. The molecule has 0 N–H and O–H groups in total. The van der Waals surface area contributed by atoms with E-state index in [0.717, 1.165) is 49.9 Å². The standard InChI is InChI=1S/C36H56N2.Ni/c1-7-13-15-17-18-20-22-36(38-34-27-31(11-5)24-32(12-6)28-34)35(21-19-16-14-8-2)37-33-25-29(9-3)23-30(10-4)26-33;/h23-28H,7-22H2,1-6H3;/q;+1. The Morgan fingerprint density at radius 3 is 1.51 bits per heavy atom. The molecule has 0 amide bonds. The van der Waals surface area contributed by atoms with Crippen molar-refractivity contribution < 1.29 is 19.3 Å². The van der Waals surface area contributed by atoms with E-state index < -0.39 is 0 Å². The van der Waals surface area contributed by atoms with Crippen molar-refractivity contribution in [1.82, 2.24) is 0 Å². The predicted octanol–water partition coefficient (Wildman–Crippen LogP) is 11.0. The first-order valence-corrected chi connectivity index (χ1v) is 16.6. The number of unbranched alkanes of at least 4 members (excludes halogenated alkanes) is 8. The van der Waals surface area contributed by atoms with Crippen molar-refractivity contribution in [2.75, 3.05) is 0 Å². The molecule has 219 valence electrons. The third-order valence-electron chi connectivity index (χ3n) is 7.77. The Labute approximate surface area is 249 Å². The molecule has 0 bridgehead atoms. The van der Waals surface area contributed by atoms with E-state index in [1.807, 2.05) is 0 Å². The van der Waals surface area contributed by atoms with Gasteiger partial charge >= 0.3 is 250 Å². The van der Waals surface area contributed by atoms with Crippen molar-refractivity contribution in [2.24, 2.45) is 4.99 Å². The van der Waals surface area contributed by atoms with Gasteiger partial charge in [0.1, 0.15) is 0 Å². The van der Waals surface area contributed by atoms with Crippen molar-refractivity contribution in [3.05, 3.63) is 58.7 Å². The van der Waals surface area contributed by atoms with Gasteiger partial charge in [0, 0.05) is 0 Å². The summed E-state index contributed by atoms with van der Waals surface area (Å²) in [5.41, 5.74) is 10.2. The van der Waals surface area contributed by atoms with Gasteiger partial charge in [-0.3, -0.25) is 0 Å². The maximum atomic E-state index is 5.87. The van der Waals surface area contributed by atoms with Gasteiger partial charge in [0.05, 0.1) is 0 Å². The molecule has 0 spiro atoms. The molecule has 2 aromatic rings. The van der Waals surface area contributed by atoms with Crippen molar-refractivity contribution >= 4 is 22.8 Å². The average Bonchev–Trinajstić information content (AvgIpc) is 2.97. The summed E-state index contributed by atoms with van der Waals surface area (Å²) in [7, 11) is 0. The average molecular weight is 576 g/mol. The fourth-order valence-corrected chi connectivity index (χ4v) is 5.55. The number of benzene rings is 2. The van der Waals surface area contributed by atoms with Crippen LogP contribution in [0, 0.1) is 0 Å². The van der Waals surface area contributed by atoms with Crippen LogP contribution in [0.3, 0.4) is 0 Å². The molecule has 0 aliphatic carbocycles. The molecule has 2 rings (SSSR count). The van der Waals surface area contributed by atoms with E-state index >= 15 is 0 Å². The van der Waals surface area contributed by atoms with E-state index in [0.29, 0.717) is 0 Å². The minimum atomic E-state index is 0.997. The molecule has 0 saturated carbocycles. The third-order valence-corrected chi connectivity index (χ3v) is 8.29. The van der Waals surface area contributed by atoms with Gasteiger partial charge in [0.25, 0.3) is 0 Å². The molecular formula is C36H56N2Ni+. The second-order valence-corrected chi connectivity index (χ2v) is 11.5. The molecule has 3 heteroatoms. The Kier molecular flexibility index (Phi) is 16.6. The molecule has 0 aliphatic rings. The first-order valence-electron chi connectivity index (χ1n) is 16.1. The van der Waals surface area contributed by atoms with Gasteiger partial charge < -0.3 is 0 Å². The summed E-state index contributed by atoms with van der Waals surface area (Å²) in [4.78, 5) is 5.41. The quantitative estimate of drug-likeness (QED) is 0.0900. The van der Waals surface area contributed by atoms with Crippen molar-refractivity contribution in [3.8, 4) is 0 Å². The van der Waals surface area contributed by atoms with Crippen LogP contribution in [-0.2, 0) is 41.4 Å². The molecule has 0 unspecified atom stereocenters. The normalized spacial score (nSPS) is 12.7. The van der Waals surface area contributed by atoms with Crippen molar-refractivity contribution in [1.29, 1.82) is 0 Å². The Balaban J connectivity index is 2.60. The minimum absolute atomic E-state index is 0.997. The zero-order valence-corrected chi connectivity index (χ0v) is 27.0. The van der Waals surface area contributed by atoms with Crippen molar-refractivity contribution in [2.45, 2.75) is 144 Å². The van der Waals surface area contributed by atoms with E-state index in [9.17, 15) is 0 Å². The summed E-state index contributed by atoms with van der Waals surface area (Å²) in [5, 5.41) is 0. The molecule has 0 heterocycles. The van der Waals surface area contributed by atoms with E-state index in [-0.39, 0.29) is 0 Å². The van der Waals surface area contributed by atoms with Crippen LogP contribution in [0.15, 0.2) is 41.4 Å². The number of aliphatic imine (C=N–C) groups is 1. The van der Waals surface area contributed by atoms with Crippen LogP contribution < -0.4 is 0 Å². The summed E-state index contributed by atoms with van der Waals surface area (Å²) < 4.78 is 2.12. The van der Waals surface area contributed by atoms with Gasteiger partial charge in [-0.25, -0.2) is 0 Å². The molecule has 39 heavy (non-hydrogen) atoms. The molecule has 0 atom stereocenters. The molecule has 0 saturated heterocycles. The topological polar surface area (TPSA) is 15.4 Å². The molecule has 2 aromatic carbocycles. The first kappa shape index (κ1) is 33.5. The summed E-state index contributed by atoms with van der Waals surface area (Å²) >= 11 is 5.87. The monoisotopic (exact) mass is 574 g/mol. The number of hydrogen-bond donors (Lipinski definition) is 0. The predicted molar refractivity (Wildman–Crippen MR) is 169 cm³/mol.